The number of hydrogen-bond acceptors (Lipinski definition) is 6. The van der Waals surface area contributed by atoms with Gasteiger partial charge in [-0.3, -0.25) is 14.7 Å². The van der Waals surface area contributed by atoms with Crippen LogP contribution in [0.25, 0.3) is 0 Å². The van der Waals surface area contributed by atoms with E-state index in [0.717, 1.165) is 23.5 Å². The van der Waals surface area contributed by atoms with E-state index in [1.165, 1.54) is 5.56 Å². The second-order valence-electron chi connectivity index (χ2n) is 9.13. The summed E-state index contributed by atoms with van der Waals surface area (Å²) in [6.07, 6.45) is 3.76. The Morgan fingerprint density at radius 2 is 1.94 bits per heavy atom. The van der Waals surface area contributed by atoms with Crippen molar-refractivity contribution in [2.24, 2.45) is 5.92 Å². The van der Waals surface area contributed by atoms with Gasteiger partial charge < -0.3 is 19.6 Å². The highest BCUT2D eigenvalue weighted by Gasteiger charge is 2.31. The molecule has 1 aromatic carbocycles. The largest absolute Gasteiger partial charge is 0.488 e. The van der Waals surface area contributed by atoms with Crippen molar-refractivity contribution in [3.63, 3.8) is 0 Å². The van der Waals surface area contributed by atoms with Crippen LogP contribution in [0.2, 0.25) is 0 Å². The van der Waals surface area contributed by atoms with Gasteiger partial charge in [-0.2, -0.15) is 0 Å². The Balaban J connectivity index is 1.89. The first kappa shape index (κ1) is 24.0. The first-order valence-electron chi connectivity index (χ1n) is 11.2. The molecule has 0 unspecified atom stereocenters. The first-order chi connectivity index (χ1) is 15.3. The molecule has 0 fully saturated rings. The Morgan fingerprint density at radius 3 is 2.59 bits per heavy atom. The topological polar surface area (TPSA) is 69.1 Å². The van der Waals surface area contributed by atoms with Gasteiger partial charge in [0, 0.05) is 63.3 Å². The SMILES string of the molecule is C[C@@H]1CN([C@@H](C)CO)C(=O)Cc2cc(N(C)C)ccc2O[C@H]1CN(C)Cc1ccncc1. The van der Waals surface area contributed by atoms with E-state index in [0.29, 0.717) is 13.1 Å². The number of pyridine rings is 1. The number of carbonyl (C=O) groups excluding carboxylic acids is 1. The standard InChI is InChI=1S/C25H36N4O3/c1-18-14-29(19(2)17-30)25(31)13-21-12-22(27(3)4)6-7-23(21)32-24(18)16-28(5)15-20-8-10-26-11-9-20/h6-12,18-19,24,30H,13-17H2,1-5H3/t18-,19+,24+/m1/s1. The minimum absolute atomic E-state index is 0.0185. The number of aromatic nitrogens is 1. The summed E-state index contributed by atoms with van der Waals surface area (Å²) in [5.41, 5.74) is 3.10. The lowest BCUT2D eigenvalue weighted by atomic mass is 10.0. The van der Waals surface area contributed by atoms with Crippen LogP contribution < -0.4 is 9.64 Å². The van der Waals surface area contributed by atoms with Crippen molar-refractivity contribution in [1.82, 2.24) is 14.8 Å². The van der Waals surface area contributed by atoms with Crippen LogP contribution in [0.5, 0.6) is 5.75 Å². The van der Waals surface area contributed by atoms with Gasteiger partial charge in [-0.25, -0.2) is 0 Å². The lowest BCUT2D eigenvalue weighted by Crippen LogP contribution is -2.47. The van der Waals surface area contributed by atoms with Gasteiger partial charge in [0.25, 0.3) is 0 Å². The molecule has 3 atom stereocenters. The molecule has 1 aromatic heterocycles. The highest BCUT2D eigenvalue weighted by Crippen LogP contribution is 2.30. The van der Waals surface area contributed by atoms with E-state index in [2.05, 4.69) is 23.9 Å². The van der Waals surface area contributed by atoms with Crippen molar-refractivity contribution in [3.8, 4) is 5.75 Å². The smallest absolute Gasteiger partial charge is 0.227 e. The number of fused-ring (bicyclic) bond motifs is 1. The second-order valence-corrected chi connectivity index (χ2v) is 9.13. The predicted octanol–water partition coefficient (Wildman–Crippen LogP) is 2.43. The van der Waals surface area contributed by atoms with Gasteiger partial charge in [-0.1, -0.05) is 6.92 Å². The molecule has 3 rings (SSSR count). The number of nitrogens with zero attached hydrogens (tertiary/aromatic N) is 4. The summed E-state index contributed by atoms with van der Waals surface area (Å²) in [7, 11) is 6.05. The Kier molecular flexibility index (Phi) is 8.10. The van der Waals surface area contributed by atoms with Gasteiger partial charge >= 0.3 is 0 Å². The van der Waals surface area contributed by atoms with Crippen LogP contribution in [0.1, 0.15) is 25.0 Å². The Morgan fingerprint density at radius 1 is 1.22 bits per heavy atom. The average molecular weight is 441 g/mol. The number of aliphatic hydroxyl groups excluding tert-OH is 1. The third-order valence-electron chi connectivity index (χ3n) is 6.11. The molecule has 0 saturated carbocycles. The summed E-state index contributed by atoms with van der Waals surface area (Å²) in [4.78, 5) is 23.4. The summed E-state index contributed by atoms with van der Waals surface area (Å²) in [6.45, 7) is 6.00. The van der Waals surface area contributed by atoms with Gasteiger partial charge in [0.15, 0.2) is 0 Å². The number of benzene rings is 1. The number of aliphatic hydroxyl groups is 1. The molecule has 7 nitrogen and oxygen atoms in total. The normalized spacial score (nSPS) is 20.1. The second kappa shape index (κ2) is 10.8. The fraction of sp³-hybridized carbons (Fsp3) is 0.520. The highest BCUT2D eigenvalue weighted by atomic mass is 16.5. The summed E-state index contributed by atoms with van der Waals surface area (Å²) in [6, 6.07) is 9.84. The molecule has 1 aliphatic heterocycles. The Hall–Kier alpha value is -2.64. The maximum Gasteiger partial charge on any atom is 0.227 e. The van der Waals surface area contributed by atoms with Crippen LogP contribution in [0.3, 0.4) is 0 Å². The molecular weight excluding hydrogens is 404 g/mol. The molecule has 0 spiro atoms. The predicted molar refractivity (Wildman–Crippen MR) is 127 cm³/mol. The zero-order chi connectivity index (χ0) is 23.3. The summed E-state index contributed by atoms with van der Waals surface area (Å²) < 4.78 is 6.57. The van der Waals surface area contributed by atoms with Gasteiger partial charge in [0.1, 0.15) is 11.9 Å². The number of ether oxygens (including phenoxy) is 1. The van der Waals surface area contributed by atoms with Gasteiger partial charge in [-0.05, 0) is 49.9 Å². The van der Waals surface area contributed by atoms with Crippen molar-refractivity contribution in [2.75, 3.05) is 45.7 Å². The van der Waals surface area contributed by atoms with Crippen molar-refractivity contribution in [3.05, 3.63) is 53.9 Å². The maximum absolute atomic E-state index is 13.2. The van der Waals surface area contributed by atoms with Crippen LogP contribution in [-0.2, 0) is 17.8 Å². The minimum atomic E-state index is -0.237. The van der Waals surface area contributed by atoms with E-state index in [1.54, 1.807) is 17.3 Å². The lowest BCUT2D eigenvalue weighted by molar-refractivity contribution is -0.134. The molecule has 1 aliphatic rings. The molecule has 0 bridgehead atoms. The third-order valence-corrected chi connectivity index (χ3v) is 6.11. The Labute approximate surface area is 191 Å². The molecule has 0 aliphatic carbocycles. The van der Waals surface area contributed by atoms with Crippen LogP contribution in [0.4, 0.5) is 5.69 Å². The number of likely N-dealkylation sites (N-methyl/N-ethyl adjacent to an activating group) is 1. The zero-order valence-corrected chi connectivity index (χ0v) is 19.9. The van der Waals surface area contributed by atoms with Gasteiger partial charge in [0.2, 0.25) is 5.91 Å². The quantitative estimate of drug-likeness (QED) is 0.713. The first-order valence-corrected chi connectivity index (χ1v) is 11.2. The lowest BCUT2D eigenvalue weighted by Gasteiger charge is -2.34. The van der Waals surface area contributed by atoms with E-state index >= 15 is 0 Å². The molecule has 7 heteroatoms. The number of hydrogen-bond donors (Lipinski definition) is 1. The fourth-order valence-electron chi connectivity index (χ4n) is 4.08. The third kappa shape index (κ3) is 5.99. The van der Waals surface area contributed by atoms with Crippen LogP contribution >= 0.6 is 0 Å². The van der Waals surface area contributed by atoms with Crippen molar-refractivity contribution in [2.45, 2.75) is 39.0 Å². The molecule has 2 heterocycles. The van der Waals surface area contributed by atoms with Crippen molar-refractivity contribution in [1.29, 1.82) is 0 Å². The Bertz CT molecular complexity index is 890. The average Bonchev–Trinajstić information content (AvgIpc) is 2.81. The minimum Gasteiger partial charge on any atom is -0.488 e. The molecule has 174 valence electrons. The number of amides is 1. The maximum atomic E-state index is 13.2. The molecular formula is C25H36N4O3. The van der Waals surface area contributed by atoms with E-state index in [1.807, 2.05) is 56.3 Å². The highest BCUT2D eigenvalue weighted by molar-refractivity contribution is 5.80. The van der Waals surface area contributed by atoms with Crippen LogP contribution in [0.15, 0.2) is 42.7 Å². The monoisotopic (exact) mass is 440 g/mol. The zero-order valence-electron chi connectivity index (χ0n) is 19.9. The van der Waals surface area contributed by atoms with E-state index < -0.39 is 0 Å². The number of rotatable bonds is 7. The number of anilines is 1. The van der Waals surface area contributed by atoms with E-state index in [4.69, 9.17) is 4.74 Å². The fourth-order valence-corrected chi connectivity index (χ4v) is 4.08. The molecule has 1 amide bonds. The molecule has 32 heavy (non-hydrogen) atoms. The molecule has 0 radical (unpaired) electrons. The van der Waals surface area contributed by atoms with Crippen LogP contribution in [0, 0.1) is 5.92 Å². The van der Waals surface area contributed by atoms with Crippen molar-refractivity contribution >= 4 is 11.6 Å². The molecule has 0 saturated heterocycles. The summed E-state index contributed by atoms with van der Waals surface area (Å²) in [5, 5.41) is 9.77. The van der Waals surface area contributed by atoms with Gasteiger partial charge in [-0.15, -0.1) is 0 Å². The van der Waals surface area contributed by atoms with E-state index in [-0.39, 0.29) is 37.0 Å². The van der Waals surface area contributed by atoms with Gasteiger partial charge in [0.05, 0.1) is 19.1 Å². The van der Waals surface area contributed by atoms with E-state index in [9.17, 15) is 9.90 Å². The van der Waals surface area contributed by atoms with Crippen molar-refractivity contribution < 1.29 is 14.6 Å². The summed E-state index contributed by atoms with van der Waals surface area (Å²) >= 11 is 0. The summed E-state index contributed by atoms with van der Waals surface area (Å²) in [5.74, 6) is 0.869. The van der Waals surface area contributed by atoms with Crippen LogP contribution in [-0.4, -0.2) is 78.8 Å². The molecule has 2 aromatic rings. The molecule has 1 N–H and O–H groups in total. The number of carbonyl (C=O) groups is 1.